The Hall–Kier alpha value is -0.160. The van der Waals surface area contributed by atoms with Crippen molar-refractivity contribution < 1.29 is 9.47 Å². The lowest BCUT2D eigenvalue weighted by molar-refractivity contribution is -0.0625. The lowest BCUT2D eigenvalue weighted by Crippen LogP contribution is -2.52. The third-order valence-corrected chi connectivity index (χ3v) is 3.69. The van der Waals surface area contributed by atoms with E-state index in [0.717, 1.165) is 32.5 Å². The zero-order chi connectivity index (χ0) is 12.9. The zero-order valence-corrected chi connectivity index (χ0v) is 11.7. The fraction of sp³-hybridized carbons (Fsp3) is 1.00. The third-order valence-electron chi connectivity index (χ3n) is 3.69. The van der Waals surface area contributed by atoms with Gasteiger partial charge in [0.15, 0.2) is 0 Å². The van der Waals surface area contributed by atoms with Crippen LogP contribution in [0.15, 0.2) is 0 Å². The normalized spacial score (nSPS) is 24.9. The van der Waals surface area contributed by atoms with Crippen LogP contribution < -0.4 is 5.73 Å². The summed E-state index contributed by atoms with van der Waals surface area (Å²) in [4.78, 5) is 2.46. The molecule has 4 nitrogen and oxygen atoms in total. The first-order chi connectivity index (χ1) is 8.02. The average Bonchev–Trinajstić information content (AvgIpc) is 2.36. The van der Waals surface area contributed by atoms with Gasteiger partial charge in [-0.25, -0.2) is 0 Å². The molecule has 0 aliphatic carbocycles. The quantitative estimate of drug-likeness (QED) is 0.763. The van der Waals surface area contributed by atoms with E-state index < -0.39 is 0 Å². The third kappa shape index (κ3) is 4.54. The van der Waals surface area contributed by atoms with Gasteiger partial charge in [-0.3, -0.25) is 4.90 Å². The fourth-order valence-electron chi connectivity index (χ4n) is 2.33. The van der Waals surface area contributed by atoms with Crippen molar-refractivity contribution >= 4 is 0 Å². The smallest absolute Gasteiger partial charge is 0.0700 e. The van der Waals surface area contributed by atoms with E-state index in [0.29, 0.717) is 18.7 Å². The summed E-state index contributed by atoms with van der Waals surface area (Å²) >= 11 is 0. The molecule has 0 aromatic heterocycles. The molecule has 0 aromatic rings. The summed E-state index contributed by atoms with van der Waals surface area (Å²) in [5, 5.41) is 0. The summed E-state index contributed by atoms with van der Waals surface area (Å²) in [6.45, 7) is 9.90. The van der Waals surface area contributed by atoms with Crippen molar-refractivity contribution in [3.63, 3.8) is 0 Å². The molecular weight excluding hydrogens is 216 g/mol. The number of methoxy groups -OCH3 is 1. The maximum atomic E-state index is 5.91. The van der Waals surface area contributed by atoms with E-state index in [4.69, 9.17) is 15.2 Å². The number of nitrogens with zero attached hydrogens (tertiary/aromatic N) is 1. The first kappa shape index (κ1) is 14.9. The Bertz CT molecular complexity index is 221. The van der Waals surface area contributed by atoms with Crippen molar-refractivity contribution in [2.75, 3.05) is 33.4 Å². The molecule has 0 saturated carbocycles. The molecule has 1 fully saturated rings. The highest BCUT2D eigenvalue weighted by Crippen LogP contribution is 2.21. The van der Waals surface area contributed by atoms with E-state index in [9.17, 15) is 0 Å². The van der Waals surface area contributed by atoms with Gasteiger partial charge in [0.2, 0.25) is 0 Å². The number of nitrogens with two attached hydrogens (primary N) is 1. The van der Waals surface area contributed by atoms with Crippen LogP contribution in [0.3, 0.4) is 0 Å². The van der Waals surface area contributed by atoms with Crippen molar-refractivity contribution in [2.45, 2.75) is 51.4 Å². The van der Waals surface area contributed by atoms with Gasteiger partial charge in [-0.1, -0.05) is 6.92 Å². The number of ether oxygens (including phenoxy) is 2. The molecule has 0 radical (unpaired) electrons. The minimum absolute atomic E-state index is 0.107. The molecule has 0 aromatic carbocycles. The summed E-state index contributed by atoms with van der Waals surface area (Å²) < 4.78 is 11.2. The summed E-state index contributed by atoms with van der Waals surface area (Å²) in [6.07, 6.45) is 2.40. The standard InChI is InChI=1S/C13H28N2O2/c1-5-12-10-15(6-7-17-12)11(9-14)8-13(2,3)16-4/h11-12H,5-10,14H2,1-4H3. The molecule has 17 heavy (non-hydrogen) atoms. The van der Waals surface area contributed by atoms with Crippen molar-refractivity contribution in [3.8, 4) is 0 Å². The predicted octanol–water partition coefficient (Wildman–Crippen LogP) is 1.24. The minimum Gasteiger partial charge on any atom is -0.379 e. The molecule has 1 aliphatic rings. The molecule has 2 atom stereocenters. The second kappa shape index (κ2) is 6.69. The molecule has 1 aliphatic heterocycles. The number of hydrogen-bond donors (Lipinski definition) is 1. The first-order valence-electron chi connectivity index (χ1n) is 6.63. The Kier molecular flexibility index (Phi) is 5.86. The fourth-order valence-corrected chi connectivity index (χ4v) is 2.33. The molecule has 1 rings (SSSR count). The maximum Gasteiger partial charge on any atom is 0.0700 e. The number of morpholine rings is 1. The second-order valence-corrected chi connectivity index (χ2v) is 5.45. The van der Waals surface area contributed by atoms with Gasteiger partial charge in [0.1, 0.15) is 0 Å². The SMILES string of the molecule is CCC1CN(C(CN)CC(C)(C)OC)CCO1. The van der Waals surface area contributed by atoms with E-state index in [-0.39, 0.29) is 5.60 Å². The first-order valence-corrected chi connectivity index (χ1v) is 6.63. The average molecular weight is 244 g/mol. The zero-order valence-electron chi connectivity index (χ0n) is 11.7. The van der Waals surface area contributed by atoms with Crippen molar-refractivity contribution in [3.05, 3.63) is 0 Å². The highest BCUT2D eigenvalue weighted by Gasteiger charge is 2.29. The minimum atomic E-state index is -0.107. The highest BCUT2D eigenvalue weighted by molar-refractivity contribution is 4.84. The Morgan fingerprint density at radius 3 is 2.76 bits per heavy atom. The molecule has 1 saturated heterocycles. The topological polar surface area (TPSA) is 47.7 Å². The van der Waals surface area contributed by atoms with Crippen LogP contribution in [-0.2, 0) is 9.47 Å². The van der Waals surface area contributed by atoms with E-state index in [2.05, 4.69) is 25.7 Å². The van der Waals surface area contributed by atoms with Crippen LogP contribution in [0.25, 0.3) is 0 Å². The van der Waals surface area contributed by atoms with Gasteiger partial charge >= 0.3 is 0 Å². The molecule has 2 unspecified atom stereocenters. The van der Waals surface area contributed by atoms with Crippen LogP contribution in [0.5, 0.6) is 0 Å². The summed E-state index contributed by atoms with van der Waals surface area (Å²) in [6, 6.07) is 0.392. The van der Waals surface area contributed by atoms with Gasteiger partial charge < -0.3 is 15.2 Å². The van der Waals surface area contributed by atoms with Gasteiger partial charge in [-0.15, -0.1) is 0 Å². The Labute approximate surface area is 105 Å². The van der Waals surface area contributed by atoms with Crippen LogP contribution in [-0.4, -0.2) is 56.0 Å². The lowest BCUT2D eigenvalue weighted by Gasteiger charge is -2.40. The van der Waals surface area contributed by atoms with Gasteiger partial charge in [0.05, 0.1) is 18.3 Å². The molecule has 0 amide bonds. The van der Waals surface area contributed by atoms with E-state index in [1.54, 1.807) is 7.11 Å². The number of rotatable bonds is 6. The summed E-state index contributed by atoms with van der Waals surface area (Å²) in [5.74, 6) is 0. The van der Waals surface area contributed by atoms with Gasteiger partial charge in [0, 0.05) is 32.8 Å². The predicted molar refractivity (Wildman–Crippen MR) is 70.2 cm³/mol. The Balaban J connectivity index is 2.54. The highest BCUT2D eigenvalue weighted by atomic mass is 16.5. The van der Waals surface area contributed by atoms with Gasteiger partial charge in [-0.2, -0.15) is 0 Å². The molecule has 0 bridgehead atoms. The van der Waals surface area contributed by atoms with Crippen LogP contribution in [0.1, 0.15) is 33.6 Å². The Morgan fingerprint density at radius 2 is 2.24 bits per heavy atom. The van der Waals surface area contributed by atoms with E-state index >= 15 is 0 Å². The Morgan fingerprint density at radius 1 is 1.53 bits per heavy atom. The van der Waals surface area contributed by atoms with Gasteiger partial charge in [-0.05, 0) is 26.7 Å². The summed E-state index contributed by atoms with van der Waals surface area (Å²) in [5.41, 5.74) is 5.81. The molecular formula is C13H28N2O2. The maximum absolute atomic E-state index is 5.91. The van der Waals surface area contributed by atoms with Crippen LogP contribution in [0.4, 0.5) is 0 Å². The number of hydrogen-bond acceptors (Lipinski definition) is 4. The molecule has 0 spiro atoms. The van der Waals surface area contributed by atoms with E-state index in [1.807, 2.05) is 0 Å². The van der Waals surface area contributed by atoms with Crippen molar-refractivity contribution in [1.29, 1.82) is 0 Å². The van der Waals surface area contributed by atoms with Crippen LogP contribution >= 0.6 is 0 Å². The molecule has 102 valence electrons. The monoisotopic (exact) mass is 244 g/mol. The lowest BCUT2D eigenvalue weighted by atomic mass is 9.97. The second-order valence-electron chi connectivity index (χ2n) is 5.45. The van der Waals surface area contributed by atoms with Crippen LogP contribution in [0, 0.1) is 0 Å². The van der Waals surface area contributed by atoms with Gasteiger partial charge in [0.25, 0.3) is 0 Å². The summed E-state index contributed by atoms with van der Waals surface area (Å²) in [7, 11) is 1.77. The van der Waals surface area contributed by atoms with Crippen molar-refractivity contribution in [2.24, 2.45) is 5.73 Å². The molecule has 2 N–H and O–H groups in total. The van der Waals surface area contributed by atoms with Crippen molar-refractivity contribution in [1.82, 2.24) is 4.90 Å². The molecule has 1 heterocycles. The molecule has 4 heteroatoms. The van der Waals surface area contributed by atoms with E-state index in [1.165, 1.54) is 0 Å². The largest absolute Gasteiger partial charge is 0.379 e. The van der Waals surface area contributed by atoms with Crippen LogP contribution in [0.2, 0.25) is 0 Å².